The van der Waals surface area contributed by atoms with Crippen LogP contribution in [-0.4, -0.2) is 5.91 Å². The van der Waals surface area contributed by atoms with Gasteiger partial charge in [-0.15, -0.1) is 0 Å². The number of benzene rings is 3. The van der Waals surface area contributed by atoms with Crippen molar-refractivity contribution in [3.8, 4) is 0 Å². The lowest BCUT2D eigenvalue weighted by Crippen LogP contribution is -2.21. The molecule has 138 valence electrons. The normalized spacial score (nSPS) is 11.6. The molecule has 0 aliphatic heterocycles. The van der Waals surface area contributed by atoms with Gasteiger partial charge in [0.15, 0.2) is 5.82 Å². The Kier molecular flexibility index (Phi) is 4.91. The first kappa shape index (κ1) is 17.9. The van der Waals surface area contributed by atoms with E-state index in [2.05, 4.69) is 10.3 Å². The molecule has 0 atom stereocenters. The first-order chi connectivity index (χ1) is 13.6. The van der Waals surface area contributed by atoms with Crippen LogP contribution in [0.25, 0.3) is 11.0 Å². The molecule has 1 amide bonds. The summed E-state index contributed by atoms with van der Waals surface area (Å²) in [7, 11) is 0. The highest BCUT2D eigenvalue weighted by Crippen LogP contribution is 2.24. The first-order valence-electron chi connectivity index (χ1n) is 8.50. The summed E-state index contributed by atoms with van der Waals surface area (Å²) in [6.45, 7) is 0. The van der Waals surface area contributed by atoms with Crippen LogP contribution in [0.2, 0.25) is 5.02 Å². The molecule has 0 saturated carbocycles. The maximum absolute atomic E-state index is 14.3. The number of carbonyl (C=O) groups excluding carboxylic acids is 1. The molecule has 0 saturated heterocycles. The van der Waals surface area contributed by atoms with Gasteiger partial charge in [-0.25, -0.2) is 9.38 Å². The Hall–Kier alpha value is -3.44. The van der Waals surface area contributed by atoms with Crippen LogP contribution in [0.4, 0.5) is 15.8 Å². The zero-order valence-electron chi connectivity index (χ0n) is 14.5. The molecule has 4 nitrogen and oxygen atoms in total. The molecule has 0 bridgehead atoms. The molecule has 3 aromatic carbocycles. The molecule has 0 aliphatic carbocycles. The average molecular weight is 393 g/mol. The Morgan fingerprint density at radius 1 is 0.964 bits per heavy atom. The first-order valence-corrected chi connectivity index (χ1v) is 8.87. The lowest BCUT2D eigenvalue weighted by atomic mass is 10.1. The Balaban J connectivity index is 1.89. The predicted octanol–water partition coefficient (Wildman–Crippen LogP) is 5.71. The summed E-state index contributed by atoms with van der Waals surface area (Å²) in [5.74, 6) is -1.09. The van der Waals surface area contributed by atoms with Gasteiger partial charge in [-0.2, -0.15) is 0 Å². The fourth-order valence-corrected chi connectivity index (χ4v) is 2.89. The van der Waals surface area contributed by atoms with Crippen molar-refractivity contribution in [2.75, 3.05) is 5.32 Å². The van der Waals surface area contributed by atoms with E-state index in [-0.39, 0.29) is 21.8 Å². The third-order valence-electron chi connectivity index (χ3n) is 4.09. The number of hydrogen-bond donors (Lipinski definition) is 1. The van der Waals surface area contributed by atoms with E-state index in [9.17, 15) is 9.18 Å². The highest BCUT2D eigenvalue weighted by atomic mass is 35.5. The summed E-state index contributed by atoms with van der Waals surface area (Å²) in [5, 5.41) is 3.47. The number of fused-ring (bicyclic) bond motifs is 1. The van der Waals surface area contributed by atoms with Crippen molar-refractivity contribution >= 4 is 39.9 Å². The molecule has 4 rings (SSSR count). The number of halogens is 2. The van der Waals surface area contributed by atoms with Crippen molar-refractivity contribution in [2.24, 2.45) is 4.99 Å². The van der Waals surface area contributed by atoms with Gasteiger partial charge in [0.1, 0.15) is 16.8 Å². The number of nitrogens with one attached hydrogen (secondary N) is 1. The Morgan fingerprint density at radius 2 is 1.71 bits per heavy atom. The molecule has 0 aliphatic rings. The zero-order valence-corrected chi connectivity index (χ0v) is 15.3. The van der Waals surface area contributed by atoms with E-state index in [0.29, 0.717) is 11.3 Å². The minimum Gasteiger partial charge on any atom is -0.438 e. The van der Waals surface area contributed by atoms with Gasteiger partial charge in [0.25, 0.3) is 5.91 Å². The minimum absolute atomic E-state index is 0.00621. The lowest BCUT2D eigenvalue weighted by Gasteiger charge is -2.07. The maximum Gasteiger partial charge on any atom is 0.261 e. The predicted molar refractivity (Wildman–Crippen MR) is 107 cm³/mol. The van der Waals surface area contributed by atoms with Crippen LogP contribution >= 0.6 is 11.6 Å². The monoisotopic (exact) mass is 392 g/mol. The molecule has 0 unspecified atom stereocenters. The molecule has 4 aromatic rings. The largest absolute Gasteiger partial charge is 0.438 e. The number of rotatable bonds is 3. The summed E-state index contributed by atoms with van der Waals surface area (Å²) in [6, 6.07) is 22.4. The van der Waals surface area contributed by atoms with E-state index in [1.54, 1.807) is 36.4 Å². The Morgan fingerprint density at radius 3 is 2.54 bits per heavy atom. The molecule has 0 radical (unpaired) electrons. The van der Waals surface area contributed by atoms with Gasteiger partial charge in [-0.3, -0.25) is 4.79 Å². The van der Waals surface area contributed by atoms with Crippen LogP contribution in [-0.2, 0) is 0 Å². The summed E-state index contributed by atoms with van der Waals surface area (Å²) >= 11 is 5.84. The summed E-state index contributed by atoms with van der Waals surface area (Å²) in [6.07, 6.45) is 0. The van der Waals surface area contributed by atoms with E-state index in [0.717, 1.165) is 5.39 Å². The Bertz CT molecular complexity index is 1240. The van der Waals surface area contributed by atoms with Crippen LogP contribution < -0.4 is 10.9 Å². The third-order valence-corrected chi connectivity index (χ3v) is 4.38. The van der Waals surface area contributed by atoms with Crippen LogP contribution in [0, 0.1) is 5.82 Å². The minimum atomic E-state index is -0.679. The molecular formula is C22H14ClFN2O2. The molecular weight excluding hydrogens is 379 g/mol. The van der Waals surface area contributed by atoms with Gasteiger partial charge in [0, 0.05) is 11.1 Å². The van der Waals surface area contributed by atoms with Gasteiger partial charge in [0.05, 0.1) is 5.02 Å². The number of anilines is 1. The smallest absolute Gasteiger partial charge is 0.261 e. The quantitative estimate of drug-likeness (QED) is 0.485. The van der Waals surface area contributed by atoms with Gasteiger partial charge in [0.2, 0.25) is 5.55 Å². The number of hydrogen-bond acceptors (Lipinski definition) is 3. The van der Waals surface area contributed by atoms with Crippen LogP contribution in [0.5, 0.6) is 0 Å². The maximum atomic E-state index is 14.3. The number of nitrogens with zero attached hydrogens (tertiary/aromatic N) is 1. The number of para-hydroxylation sites is 2. The molecule has 1 heterocycles. The van der Waals surface area contributed by atoms with E-state index in [1.807, 2.05) is 30.3 Å². The van der Waals surface area contributed by atoms with Gasteiger partial charge in [-0.05, 0) is 36.4 Å². The second-order valence-electron chi connectivity index (χ2n) is 6.01. The summed E-state index contributed by atoms with van der Waals surface area (Å²) in [4.78, 5) is 17.1. The van der Waals surface area contributed by atoms with Crippen molar-refractivity contribution in [2.45, 2.75) is 0 Å². The highest BCUT2D eigenvalue weighted by molar-refractivity contribution is 6.31. The molecule has 28 heavy (non-hydrogen) atoms. The van der Waals surface area contributed by atoms with Crippen molar-refractivity contribution < 1.29 is 13.6 Å². The molecule has 0 fully saturated rings. The van der Waals surface area contributed by atoms with E-state index in [4.69, 9.17) is 16.0 Å². The summed E-state index contributed by atoms with van der Waals surface area (Å²) in [5.41, 5.74) is 1.32. The number of carbonyl (C=O) groups is 1. The van der Waals surface area contributed by atoms with Crippen molar-refractivity contribution in [1.29, 1.82) is 0 Å². The topological polar surface area (TPSA) is 54.6 Å². The molecule has 1 N–H and O–H groups in total. The van der Waals surface area contributed by atoms with E-state index >= 15 is 0 Å². The van der Waals surface area contributed by atoms with Crippen LogP contribution in [0.1, 0.15) is 10.4 Å². The van der Waals surface area contributed by atoms with Gasteiger partial charge >= 0.3 is 0 Å². The van der Waals surface area contributed by atoms with Crippen molar-refractivity contribution in [1.82, 2.24) is 0 Å². The van der Waals surface area contributed by atoms with Gasteiger partial charge in [-0.1, -0.05) is 54.1 Å². The molecule has 0 spiro atoms. The highest BCUT2D eigenvalue weighted by Gasteiger charge is 2.14. The second kappa shape index (κ2) is 7.66. The van der Waals surface area contributed by atoms with Crippen molar-refractivity contribution in [3.63, 3.8) is 0 Å². The molecule has 6 heteroatoms. The van der Waals surface area contributed by atoms with E-state index in [1.165, 1.54) is 12.1 Å². The number of amides is 1. The second-order valence-corrected chi connectivity index (χ2v) is 6.42. The molecule has 1 aromatic heterocycles. The van der Waals surface area contributed by atoms with E-state index < -0.39 is 11.7 Å². The van der Waals surface area contributed by atoms with Gasteiger partial charge < -0.3 is 9.73 Å². The van der Waals surface area contributed by atoms with Crippen LogP contribution in [0.3, 0.4) is 0 Å². The third kappa shape index (κ3) is 3.66. The average Bonchev–Trinajstić information content (AvgIpc) is 2.71. The standard InChI is InChI=1S/C22H14ClFN2O2/c23-17-10-6-11-18(20(17)24)26-22-16(13-14-7-4-5-12-19(14)28-22)21(27)25-15-8-2-1-3-9-15/h1-13H,(H,25,27). The fraction of sp³-hybridized carbons (Fsp3) is 0. The lowest BCUT2D eigenvalue weighted by molar-refractivity contribution is 0.102. The Labute approximate surface area is 164 Å². The van der Waals surface area contributed by atoms with Crippen molar-refractivity contribution in [3.05, 3.63) is 101 Å². The zero-order chi connectivity index (χ0) is 19.5. The summed E-state index contributed by atoms with van der Waals surface area (Å²) < 4.78 is 20.1. The fourth-order valence-electron chi connectivity index (χ4n) is 2.72. The van der Waals surface area contributed by atoms with Crippen LogP contribution in [0.15, 0.2) is 88.3 Å². The SMILES string of the molecule is O=C(Nc1ccccc1)c1cc2ccccc2oc1=Nc1cccc(Cl)c1F.